The van der Waals surface area contributed by atoms with E-state index in [2.05, 4.69) is 19.8 Å². The molecule has 1 N–H and O–H groups in total. The Hall–Kier alpha value is -1.24. The lowest BCUT2D eigenvalue weighted by molar-refractivity contribution is 0.0267. The van der Waals surface area contributed by atoms with E-state index in [1.54, 1.807) is 12.4 Å². The number of hydrogen-bond acceptors (Lipinski definition) is 6. The summed E-state index contributed by atoms with van der Waals surface area (Å²) >= 11 is 0. The monoisotopic (exact) mass is 306 g/mol. The second-order valence-corrected chi connectivity index (χ2v) is 6.43. The van der Waals surface area contributed by atoms with Gasteiger partial charge in [0.15, 0.2) is 0 Å². The second-order valence-electron chi connectivity index (χ2n) is 6.43. The number of nitrogens with zero attached hydrogens (tertiary/aromatic N) is 4. The van der Waals surface area contributed by atoms with Gasteiger partial charge in [-0.15, -0.1) is 0 Å². The largest absolute Gasteiger partial charge is 0.396 e. The van der Waals surface area contributed by atoms with Crippen molar-refractivity contribution in [3.8, 4) is 0 Å². The van der Waals surface area contributed by atoms with Crippen LogP contribution in [0.2, 0.25) is 0 Å². The molecule has 0 aromatic carbocycles. The summed E-state index contributed by atoms with van der Waals surface area (Å²) in [5.74, 6) is 1.85. The number of hydrogen-bond donors (Lipinski definition) is 1. The fourth-order valence-electron chi connectivity index (χ4n) is 3.62. The number of aliphatic hydroxyl groups is 1. The van der Waals surface area contributed by atoms with E-state index in [9.17, 15) is 5.11 Å². The average Bonchev–Trinajstić information content (AvgIpc) is 2.56. The molecule has 2 atom stereocenters. The van der Waals surface area contributed by atoms with Gasteiger partial charge in [0, 0.05) is 51.7 Å². The Labute approximate surface area is 132 Å². The number of rotatable bonds is 4. The van der Waals surface area contributed by atoms with Gasteiger partial charge in [-0.25, -0.2) is 4.98 Å². The molecule has 122 valence electrons. The van der Waals surface area contributed by atoms with Crippen LogP contribution in [0, 0.1) is 18.8 Å². The van der Waals surface area contributed by atoms with Crippen LogP contribution < -0.4 is 4.90 Å². The molecule has 2 aliphatic rings. The highest BCUT2D eigenvalue weighted by molar-refractivity contribution is 5.42. The molecule has 0 radical (unpaired) electrons. The Morgan fingerprint density at radius 2 is 1.91 bits per heavy atom. The lowest BCUT2D eigenvalue weighted by atomic mass is 9.89. The summed E-state index contributed by atoms with van der Waals surface area (Å²) in [5.41, 5.74) is 0.964. The minimum absolute atomic E-state index is 0.245. The van der Waals surface area contributed by atoms with Gasteiger partial charge in [0.1, 0.15) is 5.82 Å². The molecule has 0 bridgehead atoms. The van der Waals surface area contributed by atoms with Gasteiger partial charge in [0.25, 0.3) is 0 Å². The summed E-state index contributed by atoms with van der Waals surface area (Å²) in [4.78, 5) is 13.6. The topological polar surface area (TPSA) is 61.7 Å². The standard InChI is InChI=1S/C16H26N4O2/c1-13-16(18-3-2-17-13)20-10-14(8-15(11-20)12-21)9-19-4-6-22-7-5-19/h2-3,14-15,21H,4-12H2,1H3/t14-,15-/m1/s1. The fourth-order valence-corrected chi connectivity index (χ4v) is 3.62. The molecule has 6 heteroatoms. The van der Waals surface area contributed by atoms with Gasteiger partial charge in [0.05, 0.1) is 18.9 Å². The molecule has 3 rings (SSSR count). The van der Waals surface area contributed by atoms with E-state index in [-0.39, 0.29) is 6.61 Å². The lowest BCUT2D eigenvalue weighted by Gasteiger charge is -2.40. The Bertz CT molecular complexity index is 479. The third kappa shape index (κ3) is 3.74. The maximum Gasteiger partial charge on any atom is 0.150 e. The molecule has 22 heavy (non-hydrogen) atoms. The normalized spacial score (nSPS) is 27.1. The van der Waals surface area contributed by atoms with E-state index < -0.39 is 0 Å². The summed E-state index contributed by atoms with van der Waals surface area (Å²) in [5, 5.41) is 9.65. The molecule has 2 saturated heterocycles. The first-order valence-corrected chi connectivity index (χ1v) is 8.19. The van der Waals surface area contributed by atoms with Crippen molar-refractivity contribution < 1.29 is 9.84 Å². The molecule has 0 saturated carbocycles. The third-order valence-corrected chi connectivity index (χ3v) is 4.66. The zero-order chi connectivity index (χ0) is 15.4. The van der Waals surface area contributed by atoms with Crippen LogP contribution in [0.15, 0.2) is 12.4 Å². The van der Waals surface area contributed by atoms with Gasteiger partial charge in [-0.05, 0) is 25.2 Å². The summed E-state index contributed by atoms with van der Waals surface area (Å²) in [6.07, 6.45) is 4.57. The number of morpholine rings is 1. The number of aromatic nitrogens is 2. The molecule has 2 aliphatic heterocycles. The predicted octanol–water partition coefficient (Wildman–Crippen LogP) is 0.552. The summed E-state index contributed by atoms with van der Waals surface area (Å²) in [7, 11) is 0. The van der Waals surface area contributed by atoms with E-state index in [4.69, 9.17) is 4.74 Å². The Balaban J connectivity index is 1.68. The molecule has 0 spiro atoms. The van der Waals surface area contributed by atoms with Crippen LogP contribution in [-0.4, -0.2) is 72.5 Å². The molecule has 0 amide bonds. The van der Waals surface area contributed by atoms with Crippen LogP contribution in [0.25, 0.3) is 0 Å². The van der Waals surface area contributed by atoms with Gasteiger partial charge in [0.2, 0.25) is 0 Å². The lowest BCUT2D eigenvalue weighted by Crippen LogP contribution is -2.48. The first-order chi connectivity index (χ1) is 10.8. The van der Waals surface area contributed by atoms with Crippen LogP contribution in [-0.2, 0) is 4.74 Å². The van der Waals surface area contributed by atoms with Crippen molar-refractivity contribution in [2.24, 2.45) is 11.8 Å². The van der Waals surface area contributed by atoms with Crippen molar-refractivity contribution in [3.05, 3.63) is 18.1 Å². The van der Waals surface area contributed by atoms with Crippen molar-refractivity contribution in [2.45, 2.75) is 13.3 Å². The highest BCUT2D eigenvalue weighted by Gasteiger charge is 2.30. The van der Waals surface area contributed by atoms with Gasteiger partial charge in [-0.2, -0.15) is 0 Å². The summed E-state index contributed by atoms with van der Waals surface area (Å²) in [6, 6.07) is 0. The van der Waals surface area contributed by atoms with Gasteiger partial charge in [-0.1, -0.05) is 0 Å². The maximum atomic E-state index is 9.65. The van der Waals surface area contributed by atoms with Gasteiger partial charge in [-0.3, -0.25) is 9.88 Å². The van der Waals surface area contributed by atoms with Crippen molar-refractivity contribution in [1.29, 1.82) is 0 Å². The van der Waals surface area contributed by atoms with Crippen molar-refractivity contribution in [2.75, 3.05) is 57.4 Å². The molecule has 3 heterocycles. The Morgan fingerprint density at radius 1 is 1.18 bits per heavy atom. The van der Waals surface area contributed by atoms with Crippen LogP contribution >= 0.6 is 0 Å². The molecular weight excluding hydrogens is 280 g/mol. The average molecular weight is 306 g/mol. The molecule has 2 fully saturated rings. The highest BCUT2D eigenvalue weighted by Crippen LogP contribution is 2.27. The zero-order valence-electron chi connectivity index (χ0n) is 13.3. The second kappa shape index (κ2) is 7.35. The fraction of sp³-hybridized carbons (Fsp3) is 0.750. The molecule has 0 aliphatic carbocycles. The first-order valence-electron chi connectivity index (χ1n) is 8.19. The van der Waals surface area contributed by atoms with E-state index in [1.807, 2.05) is 6.92 Å². The smallest absolute Gasteiger partial charge is 0.150 e. The maximum absolute atomic E-state index is 9.65. The van der Waals surface area contributed by atoms with E-state index in [0.29, 0.717) is 11.8 Å². The minimum atomic E-state index is 0.245. The highest BCUT2D eigenvalue weighted by atomic mass is 16.5. The number of aryl methyl sites for hydroxylation is 1. The van der Waals surface area contributed by atoms with Crippen molar-refractivity contribution >= 4 is 5.82 Å². The van der Waals surface area contributed by atoms with Gasteiger partial charge >= 0.3 is 0 Å². The molecule has 1 aromatic heterocycles. The van der Waals surface area contributed by atoms with Crippen molar-refractivity contribution in [1.82, 2.24) is 14.9 Å². The Morgan fingerprint density at radius 3 is 2.64 bits per heavy atom. The first kappa shape index (κ1) is 15.6. The van der Waals surface area contributed by atoms with Crippen LogP contribution in [0.3, 0.4) is 0 Å². The number of aliphatic hydroxyl groups excluding tert-OH is 1. The number of piperidine rings is 1. The summed E-state index contributed by atoms with van der Waals surface area (Å²) in [6.45, 7) is 8.90. The zero-order valence-corrected chi connectivity index (χ0v) is 13.3. The van der Waals surface area contributed by atoms with E-state index in [1.165, 1.54) is 0 Å². The Kier molecular flexibility index (Phi) is 5.23. The quantitative estimate of drug-likeness (QED) is 0.877. The van der Waals surface area contributed by atoms with Crippen LogP contribution in [0.1, 0.15) is 12.1 Å². The van der Waals surface area contributed by atoms with E-state index in [0.717, 1.165) is 63.9 Å². The molecule has 1 aromatic rings. The minimum Gasteiger partial charge on any atom is -0.396 e. The third-order valence-electron chi connectivity index (χ3n) is 4.66. The van der Waals surface area contributed by atoms with Gasteiger partial charge < -0.3 is 14.7 Å². The SMILES string of the molecule is Cc1nccnc1N1C[C@H](CO)C[C@H](CN2CCOCC2)C1. The number of anilines is 1. The van der Waals surface area contributed by atoms with Crippen molar-refractivity contribution in [3.63, 3.8) is 0 Å². The summed E-state index contributed by atoms with van der Waals surface area (Å²) < 4.78 is 5.43. The molecule has 6 nitrogen and oxygen atoms in total. The van der Waals surface area contributed by atoms with Crippen LogP contribution in [0.4, 0.5) is 5.82 Å². The van der Waals surface area contributed by atoms with Crippen LogP contribution in [0.5, 0.6) is 0 Å². The van der Waals surface area contributed by atoms with E-state index >= 15 is 0 Å². The number of ether oxygens (including phenoxy) is 1. The predicted molar refractivity (Wildman–Crippen MR) is 84.9 cm³/mol. The molecule has 0 unspecified atom stereocenters. The molecular formula is C16H26N4O2.